The van der Waals surface area contributed by atoms with E-state index >= 15 is 0 Å². The van der Waals surface area contributed by atoms with E-state index in [0.717, 1.165) is 5.56 Å². The van der Waals surface area contributed by atoms with Gasteiger partial charge in [0.15, 0.2) is 21.3 Å². The number of hydrogen-bond acceptors (Lipinski definition) is 5. The van der Waals surface area contributed by atoms with Crippen LogP contribution in [0.25, 0.3) is 0 Å². The van der Waals surface area contributed by atoms with Crippen LogP contribution in [0.4, 0.5) is 0 Å². The lowest BCUT2D eigenvalue weighted by Gasteiger charge is -2.18. The van der Waals surface area contributed by atoms with Crippen LogP contribution in [-0.2, 0) is 15.6 Å². The predicted octanol–water partition coefficient (Wildman–Crippen LogP) is 3.77. The Hall–Kier alpha value is -2.54. The molecule has 0 saturated heterocycles. The lowest BCUT2D eigenvalue weighted by atomic mass is 10.1. The van der Waals surface area contributed by atoms with Gasteiger partial charge in [-0.05, 0) is 48.2 Å². The van der Waals surface area contributed by atoms with Gasteiger partial charge in [0.1, 0.15) is 0 Å². The highest BCUT2D eigenvalue weighted by molar-refractivity contribution is 7.89. The molecule has 7 heteroatoms. The minimum absolute atomic E-state index is 0.0985. The fourth-order valence-corrected chi connectivity index (χ4v) is 3.58. The Bertz CT molecular complexity index is 953. The normalized spacial score (nSPS) is 12.5. The minimum Gasteiger partial charge on any atom is -0.493 e. The van der Waals surface area contributed by atoms with Crippen LogP contribution in [0, 0.1) is 5.92 Å². The van der Waals surface area contributed by atoms with Gasteiger partial charge in [-0.25, -0.2) is 8.42 Å². The summed E-state index contributed by atoms with van der Waals surface area (Å²) in [5.74, 6) is 1.30. The molecule has 29 heavy (non-hydrogen) atoms. The first-order chi connectivity index (χ1) is 13.6. The molecule has 0 aliphatic carbocycles. The van der Waals surface area contributed by atoms with Crippen LogP contribution < -0.4 is 14.8 Å². The molecule has 0 aliphatic heterocycles. The van der Waals surface area contributed by atoms with Gasteiger partial charge in [0.2, 0.25) is 0 Å². The van der Waals surface area contributed by atoms with Gasteiger partial charge in [-0.1, -0.05) is 32.0 Å². The fraction of sp³-hybridized carbons (Fsp3) is 0.409. The second-order valence-corrected chi connectivity index (χ2v) is 9.72. The van der Waals surface area contributed by atoms with E-state index in [1.165, 1.54) is 6.26 Å². The van der Waals surface area contributed by atoms with Crippen molar-refractivity contribution in [3.63, 3.8) is 0 Å². The first kappa shape index (κ1) is 22.7. The third kappa shape index (κ3) is 7.09. The molecule has 0 unspecified atom stereocenters. The quantitative estimate of drug-likeness (QED) is 0.669. The average molecular weight is 420 g/mol. The molecule has 2 aromatic rings. The lowest BCUT2D eigenvalue weighted by Crippen LogP contribution is -2.26. The molecular formula is C22H29NO5S. The maximum atomic E-state index is 12.6. The van der Waals surface area contributed by atoms with Gasteiger partial charge in [-0.2, -0.15) is 0 Å². The number of rotatable bonds is 9. The van der Waals surface area contributed by atoms with Crippen molar-refractivity contribution >= 4 is 15.7 Å². The van der Waals surface area contributed by atoms with Crippen LogP contribution in [0.2, 0.25) is 0 Å². The number of benzene rings is 2. The van der Waals surface area contributed by atoms with E-state index in [0.29, 0.717) is 35.2 Å². The summed E-state index contributed by atoms with van der Waals surface area (Å²) in [6.45, 7) is 6.61. The highest BCUT2D eigenvalue weighted by Gasteiger charge is 2.15. The molecule has 0 radical (unpaired) electrons. The van der Waals surface area contributed by atoms with Crippen molar-refractivity contribution in [1.29, 1.82) is 0 Å². The molecule has 0 fully saturated rings. The maximum Gasteiger partial charge on any atom is 0.251 e. The number of methoxy groups -OCH3 is 1. The van der Waals surface area contributed by atoms with Gasteiger partial charge < -0.3 is 14.8 Å². The number of carbonyl (C=O) groups is 1. The standard InChI is InChI=1S/C22H29NO5S/c1-15(2)13-28-20-10-9-18(12-21(20)27-4)16(3)23-22(24)19-8-6-7-17(11-19)14-29(5,25)26/h6-12,15-16H,13-14H2,1-5H3,(H,23,24)/t16-/m0/s1. The summed E-state index contributed by atoms with van der Waals surface area (Å²) in [5, 5.41) is 2.94. The summed E-state index contributed by atoms with van der Waals surface area (Å²) in [6, 6.07) is 12.0. The monoisotopic (exact) mass is 419 g/mol. The molecule has 158 valence electrons. The SMILES string of the molecule is COc1cc([C@H](C)NC(=O)c2cccc(CS(C)(=O)=O)c2)ccc1OCC(C)C. The van der Waals surface area contributed by atoms with E-state index in [9.17, 15) is 13.2 Å². The van der Waals surface area contributed by atoms with Crippen LogP contribution in [0.15, 0.2) is 42.5 Å². The molecule has 0 saturated carbocycles. The number of carbonyl (C=O) groups excluding carboxylic acids is 1. The van der Waals surface area contributed by atoms with Gasteiger partial charge in [0.05, 0.1) is 25.5 Å². The highest BCUT2D eigenvalue weighted by Crippen LogP contribution is 2.30. The van der Waals surface area contributed by atoms with Gasteiger partial charge in [-0.15, -0.1) is 0 Å². The van der Waals surface area contributed by atoms with E-state index in [2.05, 4.69) is 19.2 Å². The van der Waals surface area contributed by atoms with E-state index in [-0.39, 0.29) is 17.7 Å². The zero-order valence-electron chi connectivity index (χ0n) is 17.6. The van der Waals surface area contributed by atoms with E-state index in [1.54, 1.807) is 31.4 Å². The third-order valence-electron chi connectivity index (χ3n) is 4.23. The molecule has 2 aromatic carbocycles. The summed E-state index contributed by atoms with van der Waals surface area (Å²) in [5.41, 5.74) is 1.88. The number of amides is 1. The predicted molar refractivity (Wildman–Crippen MR) is 114 cm³/mol. The lowest BCUT2D eigenvalue weighted by molar-refractivity contribution is 0.0939. The summed E-state index contributed by atoms with van der Waals surface area (Å²) < 4.78 is 34.2. The number of hydrogen-bond donors (Lipinski definition) is 1. The highest BCUT2D eigenvalue weighted by atomic mass is 32.2. The zero-order chi connectivity index (χ0) is 21.6. The molecule has 0 aliphatic rings. The topological polar surface area (TPSA) is 81.7 Å². The number of sulfone groups is 1. The maximum absolute atomic E-state index is 12.6. The van der Waals surface area contributed by atoms with Crippen molar-refractivity contribution in [1.82, 2.24) is 5.32 Å². The Morgan fingerprint density at radius 2 is 1.79 bits per heavy atom. The van der Waals surface area contributed by atoms with Gasteiger partial charge >= 0.3 is 0 Å². The molecule has 0 heterocycles. The average Bonchev–Trinajstić information content (AvgIpc) is 2.64. The Kier molecular flexibility index (Phi) is 7.67. The Labute approximate surface area is 173 Å². The van der Waals surface area contributed by atoms with Crippen LogP contribution >= 0.6 is 0 Å². The number of nitrogens with one attached hydrogen (secondary N) is 1. The Morgan fingerprint density at radius 1 is 1.07 bits per heavy atom. The Morgan fingerprint density at radius 3 is 2.41 bits per heavy atom. The van der Waals surface area contributed by atoms with Gasteiger partial charge in [-0.3, -0.25) is 4.79 Å². The molecule has 1 N–H and O–H groups in total. The van der Waals surface area contributed by atoms with Gasteiger partial charge in [0, 0.05) is 11.8 Å². The zero-order valence-corrected chi connectivity index (χ0v) is 18.4. The van der Waals surface area contributed by atoms with Crippen molar-refractivity contribution in [2.24, 2.45) is 5.92 Å². The summed E-state index contributed by atoms with van der Waals surface area (Å²) >= 11 is 0. The molecule has 1 atom stereocenters. The van der Waals surface area contributed by atoms with Crippen molar-refractivity contribution in [2.45, 2.75) is 32.6 Å². The van der Waals surface area contributed by atoms with Crippen molar-refractivity contribution < 1.29 is 22.7 Å². The first-order valence-corrected chi connectivity index (χ1v) is 11.5. The molecule has 1 amide bonds. The Balaban J connectivity index is 2.12. The van der Waals surface area contributed by atoms with Crippen LogP contribution in [0.3, 0.4) is 0 Å². The summed E-state index contributed by atoms with van der Waals surface area (Å²) in [6.07, 6.45) is 1.17. The van der Waals surface area contributed by atoms with Crippen LogP contribution in [0.5, 0.6) is 11.5 Å². The van der Waals surface area contributed by atoms with Crippen molar-refractivity contribution in [2.75, 3.05) is 20.0 Å². The second-order valence-electron chi connectivity index (χ2n) is 7.58. The van der Waals surface area contributed by atoms with Crippen LogP contribution in [0.1, 0.15) is 48.3 Å². The van der Waals surface area contributed by atoms with E-state index < -0.39 is 9.84 Å². The summed E-state index contributed by atoms with van der Waals surface area (Å²) in [4.78, 5) is 12.6. The summed E-state index contributed by atoms with van der Waals surface area (Å²) in [7, 11) is -1.58. The van der Waals surface area contributed by atoms with Crippen LogP contribution in [-0.4, -0.2) is 34.3 Å². The third-order valence-corrected chi connectivity index (χ3v) is 5.08. The molecule has 0 aromatic heterocycles. The largest absolute Gasteiger partial charge is 0.493 e. The molecule has 0 spiro atoms. The minimum atomic E-state index is -3.17. The second kappa shape index (κ2) is 9.78. The number of ether oxygens (including phenoxy) is 2. The smallest absolute Gasteiger partial charge is 0.251 e. The van der Waals surface area contributed by atoms with Crippen molar-refractivity contribution in [3.05, 3.63) is 59.2 Å². The molecular weight excluding hydrogens is 390 g/mol. The fourth-order valence-electron chi connectivity index (χ4n) is 2.80. The van der Waals surface area contributed by atoms with Gasteiger partial charge in [0.25, 0.3) is 5.91 Å². The molecule has 6 nitrogen and oxygen atoms in total. The van der Waals surface area contributed by atoms with E-state index in [4.69, 9.17) is 9.47 Å². The molecule has 2 rings (SSSR count). The van der Waals surface area contributed by atoms with Crippen molar-refractivity contribution in [3.8, 4) is 11.5 Å². The molecule has 0 bridgehead atoms. The first-order valence-electron chi connectivity index (χ1n) is 9.47. The van der Waals surface area contributed by atoms with E-state index in [1.807, 2.05) is 25.1 Å².